The van der Waals surface area contributed by atoms with E-state index in [2.05, 4.69) is 20.4 Å². The molecule has 1 N–H and O–H groups in total. The summed E-state index contributed by atoms with van der Waals surface area (Å²) in [6.45, 7) is 7.14. The summed E-state index contributed by atoms with van der Waals surface area (Å²) >= 11 is 0. The standard InChI is InChI=1S/C15H21N5O.2ClH/c1-9-13-14(17-10(2)18-15(13)21-19-9)20-7-5-12-11(8-20)4-3-6-16-12;;/h11-12,16H,3-8H2,1-2H3;2*1H/t11-,12+;;/m1../s1. The summed E-state index contributed by atoms with van der Waals surface area (Å²) < 4.78 is 5.33. The van der Waals surface area contributed by atoms with E-state index in [9.17, 15) is 0 Å². The second-order valence-corrected chi connectivity index (χ2v) is 6.24. The van der Waals surface area contributed by atoms with Crippen LogP contribution in [0.4, 0.5) is 5.82 Å². The van der Waals surface area contributed by atoms with E-state index in [4.69, 9.17) is 9.51 Å². The van der Waals surface area contributed by atoms with Gasteiger partial charge in [0, 0.05) is 19.1 Å². The molecule has 2 saturated heterocycles. The van der Waals surface area contributed by atoms with E-state index in [1.165, 1.54) is 25.8 Å². The number of aryl methyl sites for hydroxylation is 2. The van der Waals surface area contributed by atoms with Gasteiger partial charge in [-0.1, -0.05) is 5.16 Å². The molecular formula is C15H23Cl2N5O. The zero-order valence-electron chi connectivity index (χ0n) is 13.4. The minimum Gasteiger partial charge on any atom is -0.355 e. The van der Waals surface area contributed by atoms with Gasteiger partial charge in [0.15, 0.2) is 0 Å². The van der Waals surface area contributed by atoms with Gasteiger partial charge in [-0.2, -0.15) is 4.98 Å². The lowest BCUT2D eigenvalue weighted by atomic mass is 9.85. The third-order valence-corrected chi connectivity index (χ3v) is 4.79. The Labute approximate surface area is 148 Å². The Morgan fingerprint density at radius 1 is 1.17 bits per heavy atom. The maximum absolute atomic E-state index is 5.33. The van der Waals surface area contributed by atoms with Crippen molar-refractivity contribution in [3.63, 3.8) is 0 Å². The molecule has 4 heterocycles. The first kappa shape index (κ1) is 18.2. The van der Waals surface area contributed by atoms with Crippen LogP contribution in [0.2, 0.25) is 0 Å². The third-order valence-electron chi connectivity index (χ3n) is 4.79. The van der Waals surface area contributed by atoms with Crippen molar-refractivity contribution >= 4 is 41.7 Å². The van der Waals surface area contributed by atoms with Crippen molar-refractivity contribution in [1.82, 2.24) is 20.4 Å². The Balaban J connectivity index is 0.000000960. The minimum absolute atomic E-state index is 0. The zero-order valence-corrected chi connectivity index (χ0v) is 15.0. The summed E-state index contributed by atoms with van der Waals surface area (Å²) in [5.41, 5.74) is 1.49. The van der Waals surface area contributed by atoms with E-state index in [0.29, 0.717) is 11.8 Å². The molecule has 2 aliphatic rings. The number of hydrogen-bond donors (Lipinski definition) is 1. The van der Waals surface area contributed by atoms with Crippen LogP contribution in [0.3, 0.4) is 0 Å². The number of halogens is 2. The smallest absolute Gasteiger partial charge is 0.263 e. The summed E-state index contributed by atoms with van der Waals surface area (Å²) in [6.07, 6.45) is 3.77. The first-order chi connectivity index (χ1) is 10.2. The number of hydrogen-bond acceptors (Lipinski definition) is 6. The van der Waals surface area contributed by atoms with Crippen LogP contribution in [-0.4, -0.2) is 40.8 Å². The fourth-order valence-corrected chi connectivity index (χ4v) is 3.74. The van der Waals surface area contributed by atoms with E-state index in [-0.39, 0.29) is 24.8 Å². The Morgan fingerprint density at radius 3 is 2.83 bits per heavy atom. The molecule has 2 aliphatic heterocycles. The van der Waals surface area contributed by atoms with Crippen LogP contribution in [0, 0.1) is 19.8 Å². The average molecular weight is 360 g/mol. The van der Waals surface area contributed by atoms with Gasteiger partial charge in [-0.3, -0.25) is 0 Å². The second-order valence-electron chi connectivity index (χ2n) is 6.24. The largest absolute Gasteiger partial charge is 0.355 e. The molecule has 0 aliphatic carbocycles. The molecule has 0 aromatic carbocycles. The second kappa shape index (κ2) is 7.20. The van der Waals surface area contributed by atoms with E-state index in [1.54, 1.807) is 0 Å². The number of nitrogens with one attached hydrogen (secondary N) is 1. The lowest BCUT2D eigenvalue weighted by molar-refractivity contribution is 0.244. The molecule has 0 amide bonds. The van der Waals surface area contributed by atoms with E-state index >= 15 is 0 Å². The minimum atomic E-state index is 0. The molecule has 0 spiro atoms. The first-order valence-corrected chi connectivity index (χ1v) is 7.81. The number of aromatic nitrogens is 3. The van der Waals surface area contributed by atoms with Crippen LogP contribution < -0.4 is 10.2 Å². The van der Waals surface area contributed by atoms with Crippen molar-refractivity contribution in [1.29, 1.82) is 0 Å². The van der Waals surface area contributed by atoms with Crippen molar-refractivity contribution in [3.05, 3.63) is 11.5 Å². The Hall–Kier alpha value is -1.11. The molecule has 0 bridgehead atoms. The molecule has 2 fully saturated rings. The summed E-state index contributed by atoms with van der Waals surface area (Å²) in [4.78, 5) is 11.4. The van der Waals surface area contributed by atoms with Crippen LogP contribution in [0.5, 0.6) is 0 Å². The summed E-state index contributed by atoms with van der Waals surface area (Å²) in [5, 5.41) is 8.69. The summed E-state index contributed by atoms with van der Waals surface area (Å²) in [7, 11) is 0. The highest BCUT2D eigenvalue weighted by Gasteiger charge is 2.32. The van der Waals surface area contributed by atoms with Gasteiger partial charge in [0.2, 0.25) is 0 Å². The fourth-order valence-electron chi connectivity index (χ4n) is 3.74. The highest BCUT2D eigenvalue weighted by atomic mass is 35.5. The van der Waals surface area contributed by atoms with Gasteiger partial charge in [0.1, 0.15) is 17.0 Å². The molecule has 0 unspecified atom stereocenters. The van der Waals surface area contributed by atoms with Crippen LogP contribution in [0.15, 0.2) is 4.52 Å². The zero-order chi connectivity index (χ0) is 14.4. The Kier molecular flexibility index (Phi) is 5.70. The van der Waals surface area contributed by atoms with Crippen molar-refractivity contribution in [2.45, 2.75) is 39.2 Å². The average Bonchev–Trinajstić information content (AvgIpc) is 2.87. The van der Waals surface area contributed by atoms with Gasteiger partial charge in [-0.15, -0.1) is 24.8 Å². The summed E-state index contributed by atoms with van der Waals surface area (Å²) in [5.74, 6) is 2.47. The molecule has 2 aromatic heterocycles. The SMILES string of the molecule is Cc1nc(N2CC[C@@H]3NCCC[C@@H]3C2)c2c(C)noc2n1.Cl.Cl. The number of rotatable bonds is 1. The highest BCUT2D eigenvalue weighted by molar-refractivity contribution is 5.88. The molecule has 128 valence electrons. The molecule has 4 rings (SSSR count). The van der Waals surface area contributed by atoms with Crippen molar-refractivity contribution < 1.29 is 4.52 Å². The third kappa shape index (κ3) is 3.25. The van der Waals surface area contributed by atoms with Gasteiger partial charge < -0.3 is 14.7 Å². The molecule has 23 heavy (non-hydrogen) atoms. The van der Waals surface area contributed by atoms with Crippen LogP contribution in [-0.2, 0) is 0 Å². The number of nitrogens with zero attached hydrogens (tertiary/aromatic N) is 4. The van der Waals surface area contributed by atoms with Gasteiger partial charge in [0.05, 0.1) is 5.69 Å². The molecule has 6 nitrogen and oxygen atoms in total. The lowest BCUT2D eigenvalue weighted by Crippen LogP contribution is -2.52. The van der Waals surface area contributed by atoms with Crippen molar-refractivity contribution in [2.24, 2.45) is 5.92 Å². The molecule has 2 aromatic rings. The predicted octanol–water partition coefficient (Wildman–Crippen LogP) is 2.66. The van der Waals surface area contributed by atoms with E-state index < -0.39 is 0 Å². The fraction of sp³-hybridized carbons (Fsp3) is 0.667. The van der Waals surface area contributed by atoms with Crippen LogP contribution in [0.1, 0.15) is 30.8 Å². The topological polar surface area (TPSA) is 67.1 Å². The maximum Gasteiger partial charge on any atom is 0.263 e. The van der Waals surface area contributed by atoms with Gasteiger partial charge in [-0.25, -0.2) is 4.98 Å². The monoisotopic (exact) mass is 359 g/mol. The van der Waals surface area contributed by atoms with Crippen LogP contribution >= 0.6 is 24.8 Å². The normalized spacial score (nSPS) is 23.8. The van der Waals surface area contributed by atoms with E-state index in [0.717, 1.165) is 41.7 Å². The predicted molar refractivity (Wildman–Crippen MR) is 94.9 cm³/mol. The van der Waals surface area contributed by atoms with Gasteiger partial charge >= 0.3 is 0 Å². The molecule has 0 saturated carbocycles. The first-order valence-electron chi connectivity index (χ1n) is 7.81. The number of fused-ring (bicyclic) bond motifs is 2. The van der Waals surface area contributed by atoms with Gasteiger partial charge in [0.25, 0.3) is 5.71 Å². The Morgan fingerprint density at radius 2 is 2.00 bits per heavy atom. The molecule has 2 atom stereocenters. The van der Waals surface area contributed by atoms with Gasteiger partial charge in [-0.05, 0) is 45.6 Å². The molecule has 8 heteroatoms. The molecule has 0 radical (unpaired) electrons. The maximum atomic E-state index is 5.33. The van der Waals surface area contributed by atoms with Crippen LogP contribution in [0.25, 0.3) is 11.1 Å². The number of piperidine rings is 2. The Bertz CT molecular complexity index is 677. The highest BCUT2D eigenvalue weighted by Crippen LogP contribution is 2.32. The van der Waals surface area contributed by atoms with E-state index in [1.807, 2.05) is 13.8 Å². The lowest BCUT2D eigenvalue weighted by Gasteiger charge is -2.42. The van der Waals surface area contributed by atoms with Crippen molar-refractivity contribution in [2.75, 3.05) is 24.5 Å². The summed E-state index contributed by atoms with van der Waals surface area (Å²) in [6, 6.07) is 0.678. The number of anilines is 1. The quantitative estimate of drug-likeness (QED) is 0.843. The van der Waals surface area contributed by atoms with Crippen molar-refractivity contribution in [3.8, 4) is 0 Å². The molecular weight excluding hydrogens is 337 g/mol.